The number of amides is 1. The fourth-order valence-corrected chi connectivity index (χ4v) is 2.38. The average molecular weight is 372 g/mol. The van der Waals surface area contributed by atoms with Crippen LogP contribution in [-0.4, -0.2) is 23.7 Å². The second kappa shape index (κ2) is 9.77. The Kier molecular flexibility index (Phi) is 7.41. The summed E-state index contributed by atoms with van der Waals surface area (Å²) in [5.41, 5.74) is 1.21. The zero-order chi connectivity index (χ0) is 18.9. The van der Waals surface area contributed by atoms with Gasteiger partial charge in [0.1, 0.15) is 11.5 Å². The van der Waals surface area contributed by atoms with Crippen LogP contribution in [0.2, 0.25) is 0 Å². The van der Waals surface area contributed by atoms with E-state index in [0.717, 1.165) is 12.2 Å². The summed E-state index contributed by atoms with van der Waals surface area (Å²) < 4.78 is 11.2. The number of hydrogen-bond acceptors (Lipinski definition) is 4. The number of benzene rings is 2. The lowest BCUT2D eigenvalue weighted by Crippen LogP contribution is -2.34. The highest BCUT2D eigenvalue weighted by atomic mass is 32.1. The van der Waals surface area contributed by atoms with Crippen molar-refractivity contribution < 1.29 is 14.3 Å². The highest BCUT2D eigenvalue weighted by Crippen LogP contribution is 2.24. The van der Waals surface area contributed by atoms with Crippen molar-refractivity contribution in [1.82, 2.24) is 5.32 Å². The van der Waals surface area contributed by atoms with Crippen LogP contribution in [0, 0.1) is 0 Å². The van der Waals surface area contributed by atoms with Crippen molar-refractivity contribution in [3.05, 3.63) is 54.1 Å². The van der Waals surface area contributed by atoms with Gasteiger partial charge in [0.05, 0.1) is 18.4 Å². The lowest BCUT2D eigenvalue weighted by molar-refractivity contribution is 0.0977. The molecule has 26 heavy (non-hydrogen) atoms. The third kappa shape index (κ3) is 6.04. The Morgan fingerprint density at radius 1 is 1.12 bits per heavy atom. The van der Waals surface area contributed by atoms with E-state index in [-0.39, 0.29) is 17.1 Å². The van der Waals surface area contributed by atoms with Gasteiger partial charge < -0.3 is 14.8 Å². The molecule has 6 heteroatoms. The van der Waals surface area contributed by atoms with Crippen LogP contribution in [0.3, 0.4) is 0 Å². The summed E-state index contributed by atoms with van der Waals surface area (Å²) in [4.78, 5) is 12.3. The van der Waals surface area contributed by atoms with Crippen LogP contribution in [0.4, 0.5) is 5.69 Å². The molecule has 0 spiro atoms. The monoisotopic (exact) mass is 372 g/mol. The van der Waals surface area contributed by atoms with Gasteiger partial charge in [0.15, 0.2) is 5.11 Å². The first kappa shape index (κ1) is 19.7. The second-order valence-electron chi connectivity index (χ2n) is 5.94. The maximum atomic E-state index is 12.3. The molecule has 0 saturated heterocycles. The van der Waals surface area contributed by atoms with E-state index in [9.17, 15) is 4.79 Å². The van der Waals surface area contributed by atoms with Gasteiger partial charge in [-0.1, -0.05) is 19.1 Å². The minimum Gasteiger partial charge on any atom is -0.494 e. The number of thiocarbonyl (C=S) groups is 1. The van der Waals surface area contributed by atoms with Crippen molar-refractivity contribution in [2.45, 2.75) is 33.3 Å². The molecule has 0 aliphatic carbocycles. The van der Waals surface area contributed by atoms with Gasteiger partial charge in [-0.15, -0.1) is 0 Å². The largest absolute Gasteiger partial charge is 0.494 e. The zero-order valence-electron chi connectivity index (χ0n) is 15.2. The molecule has 0 heterocycles. The molecule has 2 N–H and O–H groups in total. The Labute approximate surface area is 159 Å². The van der Waals surface area contributed by atoms with Gasteiger partial charge in [0.2, 0.25) is 0 Å². The van der Waals surface area contributed by atoms with Gasteiger partial charge in [-0.05, 0) is 68.9 Å². The van der Waals surface area contributed by atoms with Crippen LogP contribution in [0.5, 0.6) is 11.5 Å². The number of rotatable bonds is 7. The van der Waals surface area contributed by atoms with Gasteiger partial charge in [-0.25, -0.2) is 0 Å². The number of carbonyl (C=O) groups is 1. The Morgan fingerprint density at radius 3 is 2.46 bits per heavy atom. The number of anilines is 1. The van der Waals surface area contributed by atoms with E-state index in [1.54, 1.807) is 24.3 Å². The van der Waals surface area contributed by atoms with Crippen LogP contribution in [-0.2, 0) is 0 Å². The smallest absolute Gasteiger partial charge is 0.257 e. The first-order valence-electron chi connectivity index (χ1n) is 8.60. The van der Waals surface area contributed by atoms with E-state index in [1.165, 1.54) is 0 Å². The van der Waals surface area contributed by atoms with Crippen molar-refractivity contribution in [2.75, 3.05) is 11.9 Å². The molecule has 0 bridgehead atoms. The first-order valence-corrected chi connectivity index (χ1v) is 9.01. The summed E-state index contributed by atoms with van der Waals surface area (Å²) in [6.07, 6.45) is 0.971. The minimum absolute atomic E-state index is 0.0366. The van der Waals surface area contributed by atoms with Crippen LogP contribution in [0.1, 0.15) is 37.6 Å². The number of carbonyl (C=O) groups excluding carboxylic acids is 1. The number of ether oxygens (including phenoxy) is 2. The molecular weight excluding hydrogens is 348 g/mol. The van der Waals surface area contributed by atoms with Crippen LogP contribution in [0.15, 0.2) is 48.5 Å². The Bertz CT molecular complexity index is 745. The number of hydrogen-bond donors (Lipinski definition) is 2. The lowest BCUT2D eigenvalue weighted by atomic mass is 10.2. The van der Waals surface area contributed by atoms with Crippen molar-refractivity contribution >= 4 is 28.9 Å². The molecule has 138 valence electrons. The third-order valence-electron chi connectivity index (χ3n) is 3.31. The molecule has 5 nitrogen and oxygen atoms in total. The molecule has 0 aliphatic heterocycles. The molecular formula is C20H24N2O3S. The summed E-state index contributed by atoms with van der Waals surface area (Å²) in [5, 5.41) is 5.89. The Hall–Kier alpha value is -2.60. The molecule has 0 unspecified atom stereocenters. The summed E-state index contributed by atoms with van der Waals surface area (Å²) >= 11 is 5.25. The van der Waals surface area contributed by atoms with Crippen LogP contribution in [0.25, 0.3) is 0 Å². The van der Waals surface area contributed by atoms with E-state index in [0.29, 0.717) is 23.6 Å². The summed E-state index contributed by atoms with van der Waals surface area (Å²) in [5.74, 6) is 1.13. The molecule has 2 rings (SSSR count). The fourth-order valence-electron chi connectivity index (χ4n) is 2.18. The summed E-state index contributed by atoms with van der Waals surface area (Å²) in [6.45, 7) is 6.59. The maximum absolute atomic E-state index is 12.3. The molecule has 2 aromatic rings. The fraction of sp³-hybridized carbons (Fsp3) is 0.300. The topological polar surface area (TPSA) is 59.6 Å². The van der Waals surface area contributed by atoms with Crippen molar-refractivity contribution in [1.29, 1.82) is 0 Å². The minimum atomic E-state index is -0.285. The van der Waals surface area contributed by atoms with Crippen LogP contribution >= 0.6 is 12.2 Å². The van der Waals surface area contributed by atoms with Gasteiger partial charge in [0.25, 0.3) is 5.91 Å². The molecule has 0 aromatic heterocycles. The predicted molar refractivity (Wildman–Crippen MR) is 108 cm³/mol. The van der Waals surface area contributed by atoms with Gasteiger partial charge >= 0.3 is 0 Å². The van der Waals surface area contributed by atoms with Gasteiger partial charge in [-0.2, -0.15) is 0 Å². The summed E-state index contributed by atoms with van der Waals surface area (Å²) in [6, 6.07) is 14.4. The standard InChI is InChI=1S/C20H24N2O3S/c1-4-13-24-16-11-9-15(10-12-16)19(23)22-20(26)21-17-7-5-6-8-18(17)25-14(2)3/h5-12,14H,4,13H2,1-3H3,(H2,21,22,23,26). The highest BCUT2D eigenvalue weighted by Gasteiger charge is 2.11. The average Bonchev–Trinajstić information content (AvgIpc) is 2.61. The van der Waals surface area contributed by atoms with Gasteiger partial charge in [0, 0.05) is 5.56 Å². The van der Waals surface area contributed by atoms with Gasteiger partial charge in [-0.3, -0.25) is 10.1 Å². The normalized spacial score (nSPS) is 10.3. The Balaban J connectivity index is 1.96. The van der Waals surface area contributed by atoms with Crippen LogP contribution < -0.4 is 20.1 Å². The molecule has 0 radical (unpaired) electrons. The van der Waals surface area contributed by atoms with Crippen molar-refractivity contribution in [3.8, 4) is 11.5 Å². The first-order chi connectivity index (χ1) is 12.5. The molecule has 0 aliphatic rings. The third-order valence-corrected chi connectivity index (χ3v) is 3.52. The van der Waals surface area contributed by atoms with E-state index >= 15 is 0 Å². The maximum Gasteiger partial charge on any atom is 0.257 e. The zero-order valence-corrected chi connectivity index (χ0v) is 16.1. The lowest BCUT2D eigenvalue weighted by Gasteiger charge is -2.16. The summed E-state index contributed by atoms with van der Waals surface area (Å²) in [7, 11) is 0. The number of nitrogens with one attached hydrogen (secondary N) is 2. The second-order valence-corrected chi connectivity index (χ2v) is 6.35. The van der Waals surface area contributed by atoms with Crippen molar-refractivity contribution in [2.24, 2.45) is 0 Å². The van der Waals surface area contributed by atoms with E-state index < -0.39 is 0 Å². The molecule has 2 aromatic carbocycles. The Morgan fingerprint density at radius 2 is 1.81 bits per heavy atom. The molecule has 0 atom stereocenters. The highest BCUT2D eigenvalue weighted by molar-refractivity contribution is 7.80. The number of para-hydroxylation sites is 2. The quantitative estimate of drug-likeness (QED) is 0.706. The predicted octanol–water partition coefficient (Wildman–Crippen LogP) is 4.39. The van der Waals surface area contributed by atoms with E-state index in [4.69, 9.17) is 21.7 Å². The SMILES string of the molecule is CCCOc1ccc(C(=O)NC(=S)Nc2ccccc2OC(C)C)cc1. The molecule has 0 saturated carbocycles. The molecule has 0 fully saturated rings. The van der Waals surface area contributed by atoms with Crippen molar-refractivity contribution in [3.63, 3.8) is 0 Å². The van der Waals surface area contributed by atoms with E-state index in [2.05, 4.69) is 10.6 Å². The molecule has 1 amide bonds. The van der Waals surface area contributed by atoms with E-state index in [1.807, 2.05) is 45.0 Å².